The standard InChI is InChI=1S/C17H18Cl2O2/c1-3-9-21-14-6-4-5-12(10-14)17(19)13-7-8-16(20-2)15(18)11-13/h4-8,10-11,17H,3,9H2,1-2H3. The maximum absolute atomic E-state index is 6.55. The van der Waals surface area contributed by atoms with Crippen LogP contribution in [0, 0.1) is 0 Å². The average molecular weight is 325 g/mol. The Morgan fingerprint density at radius 2 is 1.86 bits per heavy atom. The van der Waals surface area contributed by atoms with Gasteiger partial charge in [0.25, 0.3) is 0 Å². The molecule has 0 heterocycles. The summed E-state index contributed by atoms with van der Waals surface area (Å²) in [6.45, 7) is 2.78. The predicted molar refractivity (Wildman–Crippen MR) is 87.9 cm³/mol. The number of alkyl halides is 1. The summed E-state index contributed by atoms with van der Waals surface area (Å²) < 4.78 is 10.8. The molecule has 2 rings (SSSR count). The van der Waals surface area contributed by atoms with Crippen LogP contribution in [0.15, 0.2) is 42.5 Å². The lowest BCUT2D eigenvalue weighted by atomic mass is 10.0. The van der Waals surface area contributed by atoms with Crippen molar-refractivity contribution in [3.05, 3.63) is 58.6 Å². The van der Waals surface area contributed by atoms with Gasteiger partial charge in [0.2, 0.25) is 0 Å². The fourth-order valence-electron chi connectivity index (χ4n) is 2.01. The summed E-state index contributed by atoms with van der Waals surface area (Å²) >= 11 is 12.7. The normalized spacial score (nSPS) is 12.0. The summed E-state index contributed by atoms with van der Waals surface area (Å²) in [4.78, 5) is 0. The highest BCUT2D eigenvalue weighted by molar-refractivity contribution is 6.32. The molecular weight excluding hydrogens is 307 g/mol. The van der Waals surface area contributed by atoms with Gasteiger partial charge in [-0.2, -0.15) is 0 Å². The van der Waals surface area contributed by atoms with E-state index in [1.54, 1.807) is 7.11 Å². The monoisotopic (exact) mass is 324 g/mol. The SMILES string of the molecule is CCCOc1cccc(C(Cl)c2ccc(OC)c(Cl)c2)c1. The molecule has 0 aliphatic heterocycles. The summed E-state index contributed by atoms with van der Waals surface area (Å²) in [7, 11) is 1.59. The topological polar surface area (TPSA) is 18.5 Å². The molecule has 0 bridgehead atoms. The fraction of sp³-hybridized carbons (Fsp3) is 0.294. The highest BCUT2D eigenvalue weighted by Crippen LogP contribution is 2.34. The number of ether oxygens (including phenoxy) is 2. The van der Waals surface area contributed by atoms with Crippen LogP contribution in [-0.4, -0.2) is 13.7 Å². The van der Waals surface area contributed by atoms with Crippen LogP contribution in [0.3, 0.4) is 0 Å². The molecule has 0 amide bonds. The minimum atomic E-state index is -0.279. The van der Waals surface area contributed by atoms with E-state index in [-0.39, 0.29) is 5.38 Å². The summed E-state index contributed by atoms with van der Waals surface area (Å²) in [6.07, 6.45) is 0.975. The van der Waals surface area contributed by atoms with Gasteiger partial charge in [0, 0.05) is 0 Å². The van der Waals surface area contributed by atoms with Crippen molar-refractivity contribution in [3.8, 4) is 11.5 Å². The number of benzene rings is 2. The van der Waals surface area contributed by atoms with Crippen molar-refractivity contribution in [3.63, 3.8) is 0 Å². The molecule has 112 valence electrons. The molecule has 0 saturated heterocycles. The largest absolute Gasteiger partial charge is 0.495 e. The van der Waals surface area contributed by atoms with E-state index in [2.05, 4.69) is 6.92 Å². The van der Waals surface area contributed by atoms with Gasteiger partial charge in [-0.05, 0) is 41.8 Å². The third-order valence-electron chi connectivity index (χ3n) is 3.09. The van der Waals surface area contributed by atoms with E-state index in [4.69, 9.17) is 32.7 Å². The van der Waals surface area contributed by atoms with Crippen molar-refractivity contribution in [1.29, 1.82) is 0 Å². The van der Waals surface area contributed by atoms with E-state index in [0.29, 0.717) is 17.4 Å². The molecule has 0 aliphatic rings. The Labute approximate surface area is 135 Å². The molecule has 2 nitrogen and oxygen atoms in total. The Morgan fingerprint density at radius 3 is 2.52 bits per heavy atom. The first kappa shape index (κ1) is 16.0. The van der Waals surface area contributed by atoms with Gasteiger partial charge in [0.05, 0.1) is 24.1 Å². The Bertz CT molecular complexity index is 599. The van der Waals surface area contributed by atoms with Crippen molar-refractivity contribution in [2.45, 2.75) is 18.7 Å². The highest BCUT2D eigenvalue weighted by Gasteiger charge is 2.13. The van der Waals surface area contributed by atoms with E-state index in [0.717, 1.165) is 23.3 Å². The van der Waals surface area contributed by atoms with Crippen LogP contribution in [-0.2, 0) is 0 Å². The van der Waals surface area contributed by atoms with Crippen molar-refractivity contribution >= 4 is 23.2 Å². The number of hydrogen-bond donors (Lipinski definition) is 0. The maximum atomic E-state index is 6.55. The first-order chi connectivity index (χ1) is 10.2. The molecule has 2 aromatic rings. The maximum Gasteiger partial charge on any atom is 0.137 e. The molecular formula is C17H18Cl2O2. The van der Waals surface area contributed by atoms with E-state index in [1.165, 1.54) is 0 Å². The number of hydrogen-bond acceptors (Lipinski definition) is 2. The van der Waals surface area contributed by atoms with Crippen LogP contribution in [0.4, 0.5) is 0 Å². The summed E-state index contributed by atoms with van der Waals surface area (Å²) in [5, 5.41) is 0.276. The highest BCUT2D eigenvalue weighted by atomic mass is 35.5. The number of halogens is 2. The molecule has 1 unspecified atom stereocenters. The van der Waals surface area contributed by atoms with E-state index >= 15 is 0 Å². The van der Waals surface area contributed by atoms with Crippen LogP contribution in [0.1, 0.15) is 29.8 Å². The average Bonchev–Trinajstić information content (AvgIpc) is 2.52. The lowest BCUT2D eigenvalue weighted by Crippen LogP contribution is -1.98. The second-order valence-electron chi connectivity index (χ2n) is 4.68. The quantitative estimate of drug-likeness (QED) is 0.656. The van der Waals surface area contributed by atoms with Crippen LogP contribution in [0.5, 0.6) is 11.5 Å². The third kappa shape index (κ3) is 4.05. The molecule has 0 N–H and O–H groups in total. The molecule has 0 radical (unpaired) electrons. The van der Waals surface area contributed by atoms with Crippen molar-refractivity contribution < 1.29 is 9.47 Å². The van der Waals surface area contributed by atoms with Crippen LogP contribution in [0.25, 0.3) is 0 Å². The van der Waals surface area contributed by atoms with Gasteiger partial charge in [-0.3, -0.25) is 0 Å². The van der Waals surface area contributed by atoms with Crippen molar-refractivity contribution in [2.75, 3.05) is 13.7 Å². The van der Waals surface area contributed by atoms with Crippen molar-refractivity contribution in [1.82, 2.24) is 0 Å². The summed E-state index contributed by atoms with van der Waals surface area (Å²) in [5.41, 5.74) is 1.90. The third-order valence-corrected chi connectivity index (χ3v) is 3.89. The van der Waals surface area contributed by atoms with Gasteiger partial charge >= 0.3 is 0 Å². The Morgan fingerprint density at radius 1 is 1.10 bits per heavy atom. The van der Waals surface area contributed by atoms with Gasteiger partial charge < -0.3 is 9.47 Å². The first-order valence-corrected chi connectivity index (χ1v) is 7.67. The molecule has 0 spiro atoms. The molecule has 0 fully saturated rings. The van der Waals surface area contributed by atoms with Gasteiger partial charge in [0.15, 0.2) is 0 Å². The number of rotatable bonds is 6. The fourth-order valence-corrected chi connectivity index (χ4v) is 2.55. The van der Waals surface area contributed by atoms with Gasteiger partial charge in [-0.25, -0.2) is 0 Å². The minimum Gasteiger partial charge on any atom is -0.495 e. The predicted octanol–water partition coefficient (Wildman–Crippen LogP) is 5.47. The zero-order valence-electron chi connectivity index (χ0n) is 12.1. The summed E-state index contributed by atoms with van der Waals surface area (Å²) in [5.74, 6) is 1.48. The zero-order valence-corrected chi connectivity index (χ0v) is 13.6. The Balaban J connectivity index is 2.22. The molecule has 2 aromatic carbocycles. The van der Waals surface area contributed by atoms with E-state index in [9.17, 15) is 0 Å². The molecule has 4 heteroatoms. The Hall–Kier alpha value is -1.38. The minimum absolute atomic E-state index is 0.279. The lowest BCUT2D eigenvalue weighted by molar-refractivity contribution is 0.317. The van der Waals surface area contributed by atoms with E-state index < -0.39 is 0 Å². The molecule has 0 aromatic heterocycles. The van der Waals surface area contributed by atoms with Gasteiger partial charge in [-0.1, -0.05) is 36.7 Å². The summed E-state index contributed by atoms with van der Waals surface area (Å²) in [6, 6.07) is 13.4. The zero-order chi connectivity index (χ0) is 15.2. The van der Waals surface area contributed by atoms with Crippen LogP contribution in [0.2, 0.25) is 5.02 Å². The molecule has 0 saturated carbocycles. The molecule has 0 aliphatic carbocycles. The number of methoxy groups -OCH3 is 1. The second kappa shape index (κ2) is 7.58. The molecule has 1 atom stereocenters. The lowest BCUT2D eigenvalue weighted by Gasteiger charge is -2.13. The second-order valence-corrected chi connectivity index (χ2v) is 5.52. The van der Waals surface area contributed by atoms with E-state index in [1.807, 2.05) is 42.5 Å². The van der Waals surface area contributed by atoms with Crippen molar-refractivity contribution in [2.24, 2.45) is 0 Å². The smallest absolute Gasteiger partial charge is 0.137 e. The van der Waals surface area contributed by atoms with Gasteiger partial charge in [0.1, 0.15) is 11.5 Å². The van der Waals surface area contributed by atoms with Crippen LogP contribution < -0.4 is 9.47 Å². The first-order valence-electron chi connectivity index (χ1n) is 6.86. The Kier molecular flexibility index (Phi) is 5.77. The van der Waals surface area contributed by atoms with Crippen LogP contribution >= 0.6 is 23.2 Å². The van der Waals surface area contributed by atoms with Gasteiger partial charge in [-0.15, -0.1) is 11.6 Å². The molecule has 21 heavy (non-hydrogen) atoms.